The van der Waals surface area contributed by atoms with Crippen LogP contribution >= 0.6 is 56.8 Å². The fourth-order valence-corrected chi connectivity index (χ4v) is 2.53. The van der Waals surface area contributed by atoms with Crippen molar-refractivity contribution < 1.29 is 8.78 Å². The Labute approximate surface area is 107 Å². The van der Waals surface area contributed by atoms with Gasteiger partial charge in [0.05, 0.1) is 5.88 Å². The third kappa shape index (κ3) is 2.85. The second-order valence-electron chi connectivity index (χ2n) is 2.24. The number of nitrogens with zero attached hydrogens (tertiary/aromatic N) is 1. The zero-order valence-corrected chi connectivity index (χ0v) is 11.3. The molecule has 1 rings (SSSR count). The van der Waals surface area contributed by atoms with Crippen molar-refractivity contribution in [1.29, 1.82) is 0 Å². The summed E-state index contributed by atoms with van der Waals surface area (Å²) in [4.78, 5) is 3.79. The highest BCUT2D eigenvalue weighted by Gasteiger charge is 2.15. The van der Waals surface area contributed by atoms with Crippen molar-refractivity contribution in [3.8, 4) is 0 Å². The van der Waals surface area contributed by atoms with Crippen molar-refractivity contribution >= 4 is 56.8 Å². The normalized spacial score (nSPS) is 10.9. The monoisotopic (exact) mass is 429 g/mol. The Morgan fingerprint density at radius 1 is 1.46 bits per heavy atom. The molecule has 0 amide bonds. The van der Waals surface area contributed by atoms with Gasteiger partial charge in [0.1, 0.15) is 9.39 Å². The van der Waals surface area contributed by atoms with E-state index in [1.54, 1.807) is 6.07 Å². The van der Waals surface area contributed by atoms with E-state index < -0.39 is 6.43 Å². The Morgan fingerprint density at radius 2 is 2.08 bits per heavy atom. The Morgan fingerprint density at radius 3 is 2.54 bits per heavy atom. The number of aromatic nitrogens is 1. The van der Waals surface area contributed by atoms with Gasteiger partial charge in [0.2, 0.25) is 0 Å². The zero-order chi connectivity index (χ0) is 10.0. The van der Waals surface area contributed by atoms with E-state index in [4.69, 9.17) is 11.6 Å². The van der Waals surface area contributed by atoms with Gasteiger partial charge in [-0.3, -0.25) is 0 Å². The van der Waals surface area contributed by atoms with Gasteiger partial charge < -0.3 is 0 Å². The van der Waals surface area contributed by atoms with Gasteiger partial charge in [0, 0.05) is 3.57 Å². The van der Waals surface area contributed by atoms with Gasteiger partial charge in [0.25, 0.3) is 6.43 Å². The largest absolute Gasteiger partial charge is 0.281 e. The highest BCUT2D eigenvalue weighted by atomic mass is 127. The maximum absolute atomic E-state index is 12.3. The fraction of sp³-hybridized carbons (Fsp3) is 0.286. The summed E-state index contributed by atoms with van der Waals surface area (Å²) in [6.45, 7) is 0. The average Bonchev–Trinajstić information content (AvgIpc) is 2.07. The molecule has 0 saturated heterocycles. The number of rotatable bonds is 2. The molecule has 13 heavy (non-hydrogen) atoms. The molecule has 0 fully saturated rings. The van der Waals surface area contributed by atoms with E-state index in [2.05, 4.69) is 4.98 Å². The third-order valence-electron chi connectivity index (χ3n) is 1.38. The topological polar surface area (TPSA) is 12.9 Å². The number of halogens is 5. The van der Waals surface area contributed by atoms with E-state index in [9.17, 15) is 8.78 Å². The first-order chi connectivity index (χ1) is 6.06. The van der Waals surface area contributed by atoms with E-state index >= 15 is 0 Å². The molecule has 0 aliphatic carbocycles. The molecule has 0 spiro atoms. The summed E-state index contributed by atoms with van der Waals surface area (Å²) in [7, 11) is 0. The highest BCUT2D eigenvalue weighted by Crippen LogP contribution is 2.25. The van der Waals surface area contributed by atoms with Crippen LogP contribution in [0.25, 0.3) is 0 Å². The minimum Gasteiger partial charge on any atom is -0.239 e. The first kappa shape index (κ1) is 11.8. The van der Waals surface area contributed by atoms with Gasteiger partial charge in [-0.2, -0.15) is 0 Å². The Bertz CT molecular complexity index is 320. The van der Waals surface area contributed by atoms with E-state index in [0.717, 1.165) is 5.56 Å². The van der Waals surface area contributed by atoms with Crippen LogP contribution in [-0.2, 0) is 5.88 Å². The van der Waals surface area contributed by atoms with Crippen LogP contribution in [0.15, 0.2) is 6.07 Å². The first-order valence-corrected chi connectivity index (χ1v) is 5.94. The number of pyridine rings is 1. The van der Waals surface area contributed by atoms with Crippen molar-refractivity contribution in [3.05, 3.63) is 24.6 Å². The predicted molar refractivity (Wildman–Crippen MR) is 64.2 cm³/mol. The lowest BCUT2D eigenvalue weighted by atomic mass is 10.3. The molecule has 0 bridgehead atoms. The lowest BCUT2D eigenvalue weighted by Crippen LogP contribution is -2.00. The molecule has 0 saturated carbocycles. The van der Waals surface area contributed by atoms with E-state index in [-0.39, 0.29) is 5.69 Å². The SMILES string of the molecule is FC(F)c1nc(I)c(CCl)cc1I. The summed E-state index contributed by atoms with van der Waals surface area (Å²) >= 11 is 9.34. The predicted octanol–water partition coefficient (Wildman–Crippen LogP) is 3.97. The van der Waals surface area contributed by atoms with E-state index in [0.29, 0.717) is 13.2 Å². The Balaban J connectivity index is 3.20. The summed E-state index contributed by atoms with van der Waals surface area (Å²) in [6, 6.07) is 1.64. The van der Waals surface area contributed by atoms with Gasteiger partial charge in [-0.25, -0.2) is 13.8 Å². The maximum atomic E-state index is 12.3. The van der Waals surface area contributed by atoms with Crippen molar-refractivity contribution in [3.63, 3.8) is 0 Å². The van der Waals surface area contributed by atoms with E-state index in [1.807, 2.05) is 45.2 Å². The maximum Gasteiger partial charge on any atom is 0.281 e. The molecule has 0 aliphatic rings. The van der Waals surface area contributed by atoms with Gasteiger partial charge >= 0.3 is 0 Å². The molecule has 1 heterocycles. The van der Waals surface area contributed by atoms with Crippen molar-refractivity contribution in [2.45, 2.75) is 12.3 Å². The molecule has 0 aliphatic heterocycles. The molecule has 0 aromatic carbocycles. The van der Waals surface area contributed by atoms with Crippen LogP contribution in [0.2, 0.25) is 0 Å². The third-order valence-corrected chi connectivity index (χ3v) is 3.47. The first-order valence-electron chi connectivity index (χ1n) is 3.25. The molecular formula is C7H4ClF2I2N. The average molecular weight is 429 g/mol. The summed E-state index contributed by atoms with van der Waals surface area (Å²) in [5.41, 5.74) is 0.620. The summed E-state index contributed by atoms with van der Waals surface area (Å²) in [5.74, 6) is 0.296. The highest BCUT2D eigenvalue weighted by molar-refractivity contribution is 14.1. The van der Waals surface area contributed by atoms with E-state index in [1.165, 1.54) is 0 Å². The smallest absolute Gasteiger partial charge is 0.239 e. The number of hydrogen-bond acceptors (Lipinski definition) is 1. The molecule has 6 heteroatoms. The minimum atomic E-state index is -2.52. The molecule has 0 unspecified atom stereocenters. The lowest BCUT2D eigenvalue weighted by molar-refractivity contribution is 0.144. The Kier molecular flexibility index (Phi) is 4.56. The standard InChI is InChI=1S/C7H4ClF2I2N/c8-2-3-1-4(11)5(6(9)10)13-7(3)12/h1,6H,2H2. The number of hydrogen-bond donors (Lipinski definition) is 0. The lowest BCUT2D eigenvalue weighted by Gasteiger charge is -2.06. The van der Waals surface area contributed by atoms with Gasteiger partial charge in [0.15, 0.2) is 0 Å². The zero-order valence-electron chi connectivity index (χ0n) is 6.20. The van der Waals surface area contributed by atoms with Crippen LogP contribution in [0.3, 0.4) is 0 Å². The van der Waals surface area contributed by atoms with Crippen LogP contribution in [0.1, 0.15) is 17.7 Å². The molecule has 0 radical (unpaired) electrons. The number of alkyl halides is 3. The minimum absolute atomic E-state index is 0.168. The van der Waals surface area contributed by atoms with Gasteiger partial charge in [-0.15, -0.1) is 11.6 Å². The van der Waals surface area contributed by atoms with Gasteiger partial charge in [-0.1, -0.05) is 0 Å². The van der Waals surface area contributed by atoms with Crippen molar-refractivity contribution in [1.82, 2.24) is 4.98 Å². The molecule has 0 N–H and O–H groups in total. The van der Waals surface area contributed by atoms with Crippen molar-refractivity contribution in [2.24, 2.45) is 0 Å². The summed E-state index contributed by atoms with van der Waals surface area (Å²) in [6.07, 6.45) is -2.52. The summed E-state index contributed by atoms with van der Waals surface area (Å²) < 4.78 is 25.7. The molecule has 1 aromatic rings. The molecule has 1 aromatic heterocycles. The van der Waals surface area contributed by atoms with Crippen LogP contribution in [0, 0.1) is 7.27 Å². The quantitative estimate of drug-likeness (QED) is 0.394. The van der Waals surface area contributed by atoms with Crippen LogP contribution in [0.4, 0.5) is 8.78 Å². The second kappa shape index (κ2) is 5.01. The van der Waals surface area contributed by atoms with Gasteiger partial charge in [-0.05, 0) is 56.8 Å². The van der Waals surface area contributed by atoms with Crippen LogP contribution in [-0.4, -0.2) is 4.98 Å². The molecular weight excluding hydrogens is 425 g/mol. The second-order valence-corrected chi connectivity index (χ2v) is 4.69. The molecule has 1 nitrogen and oxygen atoms in total. The summed E-state index contributed by atoms with van der Waals surface area (Å²) in [5, 5.41) is 0. The fourth-order valence-electron chi connectivity index (χ4n) is 0.764. The Hall–Kier alpha value is 0.760. The van der Waals surface area contributed by atoms with Crippen molar-refractivity contribution in [2.75, 3.05) is 0 Å². The molecule has 0 atom stereocenters. The van der Waals surface area contributed by atoms with Crippen LogP contribution < -0.4 is 0 Å². The van der Waals surface area contributed by atoms with Crippen LogP contribution in [0.5, 0.6) is 0 Å². The molecule has 72 valence electrons.